The molecule has 1 amide bonds. The molecule has 8 heteroatoms. The van der Waals surface area contributed by atoms with E-state index in [-0.39, 0.29) is 17.3 Å². The van der Waals surface area contributed by atoms with Gasteiger partial charge in [0.05, 0.1) is 5.75 Å². The Kier molecular flexibility index (Phi) is 4.46. The largest absolute Gasteiger partial charge is 0.399 e. The van der Waals surface area contributed by atoms with Crippen LogP contribution in [-0.4, -0.2) is 26.4 Å². The molecule has 0 aliphatic heterocycles. The van der Waals surface area contributed by atoms with E-state index in [2.05, 4.69) is 15.5 Å². The van der Waals surface area contributed by atoms with Crippen molar-refractivity contribution in [2.75, 3.05) is 16.8 Å². The van der Waals surface area contributed by atoms with Gasteiger partial charge in [0.15, 0.2) is 5.16 Å². The third kappa shape index (κ3) is 3.41. The number of aromatic amines is 1. The van der Waals surface area contributed by atoms with Gasteiger partial charge in [-0.25, -0.2) is 9.89 Å². The summed E-state index contributed by atoms with van der Waals surface area (Å²) in [5.41, 5.74) is 6.62. The van der Waals surface area contributed by atoms with Crippen LogP contribution in [0.2, 0.25) is 0 Å². The second-order valence-electron chi connectivity index (χ2n) is 4.01. The number of aromatic nitrogens is 3. The Morgan fingerprint density at radius 1 is 1.45 bits per heavy atom. The Balaban J connectivity index is 1.92. The van der Waals surface area contributed by atoms with E-state index >= 15 is 0 Å². The summed E-state index contributed by atoms with van der Waals surface area (Å²) in [7, 11) is 0. The minimum Gasteiger partial charge on any atom is -0.399 e. The number of rotatable bonds is 5. The van der Waals surface area contributed by atoms with Crippen LogP contribution in [0.25, 0.3) is 0 Å². The number of H-pyrrole nitrogens is 1. The number of thioether (sulfide) groups is 1. The maximum atomic E-state index is 11.8. The fourth-order valence-electron chi connectivity index (χ4n) is 1.59. The predicted octanol–water partition coefficient (Wildman–Crippen LogP) is 0.904. The summed E-state index contributed by atoms with van der Waals surface area (Å²) in [5, 5.41) is 9.48. The topological polar surface area (TPSA) is 106 Å². The van der Waals surface area contributed by atoms with E-state index in [9.17, 15) is 9.59 Å². The van der Waals surface area contributed by atoms with Gasteiger partial charge in [-0.3, -0.25) is 9.36 Å². The van der Waals surface area contributed by atoms with Crippen LogP contribution in [0, 0.1) is 0 Å². The number of nitrogens with one attached hydrogen (secondary N) is 2. The minimum atomic E-state index is -0.269. The average molecular weight is 293 g/mol. The Hall–Kier alpha value is -2.22. The number of hydrogen-bond acceptors (Lipinski definition) is 5. The molecule has 1 aromatic carbocycles. The van der Waals surface area contributed by atoms with Gasteiger partial charge in [0.25, 0.3) is 0 Å². The monoisotopic (exact) mass is 293 g/mol. The standard InChI is InChI=1S/C12H15N5O2S/c1-2-17-11(19)15-16-12(17)20-7-10(18)14-9-5-3-8(13)4-6-9/h3-6H,2,7,13H2,1H3,(H,14,18)(H,15,19). The van der Waals surface area contributed by atoms with Crippen LogP contribution in [0.4, 0.5) is 11.4 Å². The highest BCUT2D eigenvalue weighted by Crippen LogP contribution is 2.15. The van der Waals surface area contributed by atoms with Crippen molar-refractivity contribution < 1.29 is 4.79 Å². The van der Waals surface area contributed by atoms with Gasteiger partial charge in [-0.15, -0.1) is 5.10 Å². The van der Waals surface area contributed by atoms with Crippen molar-refractivity contribution in [1.82, 2.24) is 14.8 Å². The van der Waals surface area contributed by atoms with Crippen molar-refractivity contribution in [3.8, 4) is 0 Å². The second-order valence-corrected chi connectivity index (χ2v) is 4.96. The van der Waals surface area contributed by atoms with Crippen molar-refractivity contribution in [3.05, 3.63) is 34.7 Å². The number of nitrogen functional groups attached to an aromatic ring is 1. The Labute approximate surface area is 119 Å². The average Bonchev–Trinajstić information content (AvgIpc) is 2.79. The molecule has 0 aliphatic carbocycles. The van der Waals surface area contributed by atoms with Gasteiger partial charge in [-0.1, -0.05) is 11.8 Å². The highest BCUT2D eigenvalue weighted by molar-refractivity contribution is 7.99. The molecule has 0 saturated heterocycles. The van der Waals surface area contributed by atoms with Crippen molar-refractivity contribution in [1.29, 1.82) is 0 Å². The first-order valence-electron chi connectivity index (χ1n) is 6.03. The molecule has 1 aromatic heterocycles. The predicted molar refractivity (Wildman–Crippen MR) is 78.7 cm³/mol. The lowest BCUT2D eigenvalue weighted by Gasteiger charge is -2.05. The molecule has 0 bridgehead atoms. The van der Waals surface area contributed by atoms with Gasteiger partial charge in [-0.05, 0) is 31.2 Å². The first-order valence-corrected chi connectivity index (χ1v) is 7.02. The number of benzene rings is 1. The number of hydrogen-bond donors (Lipinski definition) is 3. The lowest BCUT2D eigenvalue weighted by Crippen LogP contribution is -2.17. The van der Waals surface area contributed by atoms with E-state index in [1.54, 1.807) is 24.3 Å². The normalized spacial score (nSPS) is 10.4. The van der Waals surface area contributed by atoms with Gasteiger partial charge in [-0.2, -0.15) is 0 Å². The molecule has 0 saturated carbocycles. The molecule has 1 heterocycles. The van der Waals surface area contributed by atoms with Gasteiger partial charge < -0.3 is 11.1 Å². The Bertz CT molecular complexity index is 647. The van der Waals surface area contributed by atoms with E-state index in [1.807, 2.05) is 6.92 Å². The molecular weight excluding hydrogens is 278 g/mol. The number of anilines is 2. The van der Waals surface area contributed by atoms with Crippen molar-refractivity contribution in [3.63, 3.8) is 0 Å². The number of nitrogens with zero attached hydrogens (tertiary/aromatic N) is 2. The van der Waals surface area contributed by atoms with Crippen LogP contribution in [0.5, 0.6) is 0 Å². The second kappa shape index (κ2) is 6.29. The molecule has 106 valence electrons. The zero-order valence-electron chi connectivity index (χ0n) is 10.9. The number of amides is 1. The van der Waals surface area contributed by atoms with E-state index < -0.39 is 0 Å². The molecule has 20 heavy (non-hydrogen) atoms. The Morgan fingerprint density at radius 3 is 2.80 bits per heavy atom. The summed E-state index contributed by atoms with van der Waals surface area (Å²) in [4.78, 5) is 23.1. The van der Waals surface area contributed by atoms with Crippen molar-refractivity contribution >= 4 is 29.0 Å². The quantitative estimate of drug-likeness (QED) is 0.561. The third-order valence-electron chi connectivity index (χ3n) is 2.57. The first kappa shape index (κ1) is 14.2. The van der Waals surface area contributed by atoms with E-state index in [0.717, 1.165) is 0 Å². The molecule has 4 N–H and O–H groups in total. The maximum Gasteiger partial charge on any atom is 0.343 e. The summed E-state index contributed by atoms with van der Waals surface area (Å²) >= 11 is 1.21. The minimum absolute atomic E-state index is 0.169. The third-order valence-corrected chi connectivity index (χ3v) is 3.54. The van der Waals surface area contributed by atoms with Gasteiger partial charge in [0.2, 0.25) is 5.91 Å². The van der Waals surface area contributed by atoms with Crippen LogP contribution < -0.4 is 16.7 Å². The Morgan fingerprint density at radius 2 is 2.15 bits per heavy atom. The SMILES string of the molecule is CCn1c(SCC(=O)Nc2ccc(N)cc2)n[nH]c1=O. The zero-order valence-corrected chi connectivity index (χ0v) is 11.7. The molecule has 7 nitrogen and oxygen atoms in total. The van der Waals surface area contributed by atoms with Crippen LogP contribution in [-0.2, 0) is 11.3 Å². The van der Waals surface area contributed by atoms with Gasteiger partial charge in [0.1, 0.15) is 0 Å². The fourth-order valence-corrected chi connectivity index (χ4v) is 2.40. The summed E-state index contributed by atoms with van der Waals surface area (Å²) in [6, 6.07) is 6.89. The molecule has 0 spiro atoms. The van der Waals surface area contributed by atoms with Gasteiger partial charge in [0, 0.05) is 17.9 Å². The molecule has 0 fully saturated rings. The van der Waals surface area contributed by atoms with E-state index in [1.165, 1.54) is 16.3 Å². The molecule has 0 radical (unpaired) electrons. The van der Waals surface area contributed by atoms with Crippen LogP contribution in [0.15, 0.2) is 34.2 Å². The number of carbonyl (C=O) groups excluding carboxylic acids is 1. The number of carbonyl (C=O) groups is 1. The lowest BCUT2D eigenvalue weighted by molar-refractivity contribution is -0.113. The smallest absolute Gasteiger partial charge is 0.343 e. The van der Waals surface area contributed by atoms with Crippen LogP contribution in [0.1, 0.15) is 6.92 Å². The van der Waals surface area contributed by atoms with Crippen molar-refractivity contribution in [2.24, 2.45) is 0 Å². The summed E-state index contributed by atoms with van der Waals surface area (Å²) in [6.07, 6.45) is 0. The lowest BCUT2D eigenvalue weighted by atomic mass is 10.3. The molecule has 0 aliphatic rings. The van der Waals surface area contributed by atoms with Crippen LogP contribution in [0.3, 0.4) is 0 Å². The fraction of sp³-hybridized carbons (Fsp3) is 0.250. The van der Waals surface area contributed by atoms with E-state index in [4.69, 9.17) is 5.73 Å². The summed E-state index contributed by atoms with van der Waals surface area (Å²) in [6.45, 7) is 2.35. The molecule has 2 rings (SSSR count). The first-order chi connectivity index (χ1) is 9.60. The summed E-state index contributed by atoms with van der Waals surface area (Å²) in [5.74, 6) is 0.00663. The molecule has 0 atom stereocenters. The highest BCUT2D eigenvalue weighted by Gasteiger charge is 2.10. The van der Waals surface area contributed by atoms with E-state index in [0.29, 0.717) is 23.1 Å². The highest BCUT2D eigenvalue weighted by atomic mass is 32.2. The molecule has 2 aromatic rings. The van der Waals surface area contributed by atoms with Gasteiger partial charge >= 0.3 is 5.69 Å². The molecule has 0 unspecified atom stereocenters. The summed E-state index contributed by atoms with van der Waals surface area (Å²) < 4.78 is 1.47. The zero-order chi connectivity index (χ0) is 14.5. The number of nitrogens with two attached hydrogens (primary N) is 1. The molecular formula is C12H15N5O2S. The van der Waals surface area contributed by atoms with Crippen LogP contribution >= 0.6 is 11.8 Å². The maximum absolute atomic E-state index is 11.8. The van der Waals surface area contributed by atoms with Crippen molar-refractivity contribution in [2.45, 2.75) is 18.6 Å².